The molecular weight excluding hydrogens is 234 g/mol. The summed E-state index contributed by atoms with van der Waals surface area (Å²) in [6.45, 7) is 5.29. The van der Waals surface area contributed by atoms with Gasteiger partial charge in [0.15, 0.2) is 0 Å². The fourth-order valence-corrected chi connectivity index (χ4v) is 1.59. The maximum Gasteiger partial charge on any atom is 0.305 e. The number of carboxylic acids is 1. The number of hydrogen-bond acceptors (Lipinski definition) is 4. The van der Waals surface area contributed by atoms with Gasteiger partial charge in [0.25, 0.3) is 5.91 Å². The molecule has 0 aliphatic carbocycles. The third-order valence-electron chi connectivity index (χ3n) is 2.43. The molecule has 0 bridgehead atoms. The van der Waals surface area contributed by atoms with E-state index in [9.17, 15) is 9.59 Å². The van der Waals surface area contributed by atoms with Crippen LogP contribution in [0.2, 0.25) is 0 Å². The Morgan fingerprint density at radius 2 is 2.11 bits per heavy atom. The van der Waals surface area contributed by atoms with Crippen LogP contribution in [0.5, 0.6) is 0 Å². The minimum absolute atomic E-state index is 0.106. The monoisotopic (exact) mass is 251 g/mol. The zero-order chi connectivity index (χ0) is 13.7. The lowest BCUT2D eigenvalue weighted by Crippen LogP contribution is -2.35. The van der Waals surface area contributed by atoms with E-state index in [4.69, 9.17) is 5.11 Å². The van der Waals surface area contributed by atoms with Crippen LogP contribution in [0.4, 0.5) is 0 Å². The molecule has 18 heavy (non-hydrogen) atoms. The van der Waals surface area contributed by atoms with Crippen molar-refractivity contribution in [3.05, 3.63) is 23.0 Å². The average molecular weight is 251 g/mol. The van der Waals surface area contributed by atoms with E-state index in [-0.39, 0.29) is 12.3 Å². The largest absolute Gasteiger partial charge is 0.481 e. The van der Waals surface area contributed by atoms with Crippen LogP contribution in [0.3, 0.4) is 0 Å². The number of nitrogens with zero attached hydrogens (tertiary/aromatic N) is 2. The molecule has 6 heteroatoms. The number of rotatable bonds is 5. The predicted molar refractivity (Wildman–Crippen MR) is 65.3 cm³/mol. The Morgan fingerprint density at radius 3 is 2.67 bits per heavy atom. The molecule has 1 heterocycles. The minimum atomic E-state index is -0.942. The zero-order valence-corrected chi connectivity index (χ0v) is 10.7. The summed E-state index contributed by atoms with van der Waals surface area (Å²) in [6.07, 6.45) is 0.494. The lowest BCUT2D eigenvalue weighted by atomic mass is 10.1. The molecule has 0 aromatic carbocycles. The highest BCUT2D eigenvalue weighted by Crippen LogP contribution is 2.08. The van der Waals surface area contributed by atoms with Crippen LogP contribution >= 0.6 is 0 Å². The highest BCUT2D eigenvalue weighted by molar-refractivity contribution is 5.95. The van der Waals surface area contributed by atoms with Gasteiger partial charge >= 0.3 is 5.97 Å². The van der Waals surface area contributed by atoms with E-state index in [0.717, 1.165) is 0 Å². The Balaban J connectivity index is 2.83. The normalized spacial score (nSPS) is 11.9. The molecule has 0 saturated carbocycles. The summed E-state index contributed by atoms with van der Waals surface area (Å²) in [6, 6.07) is 1.24. The molecule has 2 N–H and O–H groups in total. The number of carbonyl (C=O) groups excluding carboxylic acids is 1. The molecule has 0 radical (unpaired) electrons. The smallest absolute Gasteiger partial charge is 0.305 e. The number of aryl methyl sites for hydroxylation is 2. The maximum atomic E-state index is 12.0. The lowest BCUT2D eigenvalue weighted by molar-refractivity contribution is -0.137. The second-order valence-corrected chi connectivity index (χ2v) is 4.17. The number of carboxylic acid groups (broad SMARTS) is 1. The van der Waals surface area contributed by atoms with Crippen LogP contribution in [0.25, 0.3) is 0 Å². The minimum Gasteiger partial charge on any atom is -0.481 e. The van der Waals surface area contributed by atoms with E-state index in [1.165, 1.54) is 0 Å². The fraction of sp³-hybridized carbons (Fsp3) is 0.500. The Morgan fingerprint density at radius 1 is 1.44 bits per heavy atom. The average Bonchev–Trinajstić information content (AvgIpc) is 2.27. The van der Waals surface area contributed by atoms with Crippen molar-refractivity contribution < 1.29 is 14.7 Å². The van der Waals surface area contributed by atoms with Crippen molar-refractivity contribution in [2.75, 3.05) is 0 Å². The Labute approximate surface area is 105 Å². The molecule has 1 aromatic heterocycles. The van der Waals surface area contributed by atoms with Crippen LogP contribution in [-0.2, 0) is 11.2 Å². The fourth-order valence-electron chi connectivity index (χ4n) is 1.59. The van der Waals surface area contributed by atoms with Crippen LogP contribution in [-0.4, -0.2) is 33.2 Å². The summed E-state index contributed by atoms with van der Waals surface area (Å²) in [5, 5.41) is 19.1. The van der Waals surface area contributed by atoms with Gasteiger partial charge in [-0.05, 0) is 26.3 Å². The first-order chi connectivity index (χ1) is 8.43. The molecular formula is C12H17N3O3. The molecule has 1 aromatic rings. The van der Waals surface area contributed by atoms with Gasteiger partial charge in [0, 0.05) is 6.04 Å². The first-order valence-corrected chi connectivity index (χ1v) is 5.79. The molecule has 1 rings (SSSR count). The van der Waals surface area contributed by atoms with E-state index in [2.05, 4.69) is 15.5 Å². The van der Waals surface area contributed by atoms with Gasteiger partial charge in [-0.15, -0.1) is 0 Å². The van der Waals surface area contributed by atoms with E-state index >= 15 is 0 Å². The molecule has 0 fully saturated rings. The number of amides is 1. The van der Waals surface area contributed by atoms with Gasteiger partial charge in [0.1, 0.15) is 0 Å². The van der Waals surface area contributed by atoms with Gasteiger partial charge in [-0.3, -0.25) is 9.59 Å². The van der Waals surface area contributed by atoms with Gasteiger partial charge < -0.3 is 10.4 Å². The Kier molecular flexibility index (Phi) is 4.76. The van der Waals surface area contributed by atoms with E-state index in [0.29, 0.717) is 23.4 Å². The third kappa shape index (κ3) is 3.80. The highest BCUT2D eigenvalue weighted by Gasteiger charge is 2.16. The molecule has 0 saturated heterocycles. The predicted octanol–water partition coefficient (Wildman–Crippen LogP) is 0.940. The number of aliphatic carboxylic acids is 1. The van der Waals surface area contributed by atoms with Crippen molar-refractivity contribution in [2.24, 2.45) is 0 Å². The van der Waals surface area contributed by atoms with Crippen molar-refractivity contribution in [1.29, 1.82) is 0 Å². The lowest BCUT2D eigenvalue weighted by Gasteiger charge is -2.13. The first-order valence-electron chi connectivity index (χ1n) is 5.79. The Bertz CT molecular complexity index is 460. The van der Waals surface area contributed by atoms with Crippen LogP contribution in [0.1, 0.15) is 42.0 Å². The van der Waals surface area contributed by atoms with E-state index < -0.39 is 12.0 Å². The molecule has 0 spiro atoms. The summed E-state index contributed by atoms with van der Waals surface area (Å²) >= 11 is 0. The maximum absolute atomic E-state index is 12.0. The number of hydrogen-bond donors (Lipinski definition) is 2. The van der Waals surface area contributed by atoms with Crippen molar-refractivity contribution >= 4 is 11.9 Å². The summed E-state index contributed by atoms with van der Waals surface area (Å²) in [5.74, 6) is -1.25. The quantitative estimate of drug-likeness (QED) is 0.812. The highest BCUT2D eigenvalue weighted by atomic mass is 16.4. The summed E-state index contributed by atoms with van der Waals surface area (Å²) in [4.78, 5) is 22.5. The number of nitrogens with one attached hydrogen (secondary N) is 1. The SMILES string of the molecule is CCc1nnc(C)cc1C(=O)NC(C)CC(=O)O. The van der Waals surface area contributed by atoms with Crippen molar-refractivity contribution in [3.8, 4) is 0 Å². The first kappa shape index (κ1) is 14.1. The number of carbonyl (C=O) groups is 2. The Hall–Kier alpha value is -1.98. The van der Waals surface area contributed by atoms with Gasteiger partial charge in [0.05, 0.1) is 23.4 Å². The molecule has 1 amide bonds. The summed E-state index contributed by atoms with van der Waals surface area (Å²) < 4.78 is 0. The molecule has 98 valence electrons. The number of aromatic nitrogens is 2. The van der Waals surface area contributed by atoms with Crippen LogP contribution in [0.15, 0.2) is 6.07 Å². The second kappa shape index (κ2) is 6.09. The summed E-state index contributed by atoms with van der Waals surface area (Å²) in [7, 11) is 0. The standard InChI is InChI=1S/C12H17N3O3/c1-4-10-9(5-8(3)14-15-10)12(18)13-7(2)6-11(16)17/h5,7H,4,6H2,1-3H3,(H,13,18)(H,16,17). The van der Waals surface area contributed by atoms with Crippen molar-refractivity contribution in [3.63, 3.8) is 0 Å². The molecule has 1 atom stereocenters. The van der Waals surface area contributed by atoms with Crippen molar-refractivity contribution in [2.45, 2.75) is 39.7 Å². The van der Waals surface area contributed by atoms with Gasteiger partial charge in [-0.2, -0.15) is 10.2 Å². The van der Waals surface area contributed by atoms with Crippen LogP contribution < -0.4 is 5.32 Å². The van der Waals surface area contributed by atoms with E-state index in [1.54, 1.807) is 19.9 Å². The molecule has 0 aliphatic rings. The molecule has 1 unspecified atom stereocenters. The second-order valence-electron chi connectivity index (χ2n) is 4.17. The summed E-state index contributed by atoms with van der Waals surface area (Å²) in [5.41, 5.74) is 1.73. The van der Waals surface area contributed by atoms with Crippen LogP contribution in [0, 0.1) is 6.92 Å². The molecule has 0 aliphatic heterocycles. The van der Waals surface area contributed by atoms with Gasteiger partial charge in [-0.25, -0.2) is 0 Å². The molecule has 6 nitrogen and oxygen atoms in total. The van der Waals surface area contributed by atoms with Gasteiger partial charge in [-0.1, -0.05) is 6.92 Å². The third-order valence-corrected chi connectivity index (χ3v) is 2.43. The zero-order valence-electron chi connectivity index (χ0n) is 10.7. The van der Waals surface area contributed by atoms with Gasteiger partial charge in [0.2, 0.25) is 0 Å². The van der Waals surface area contributed by atoms with E-state index in [1.807, 2.05) is 6.92 Å². The van der Waals surface area contributed by atoms with Crippen molar-refractivity contribution in [1.82, 2.24) is 15.5 Å². The topological polar surface area (TPSA) is 92.2 Å².